The molecule has 0 spiro atoms. The molecule has 0 aliphatic carbocycles. The number of carbonyl (C=O) groups excluding carboxylic acids is 1. The molecule has 3 aromatic carbocycles. The molecule has 0 bridgehead atoms. The van der Waals surface area contributed by atoms with E-state index in [1.807, 2.05) is 59.5 Å². The fraction of sp³-hybridized carbons (Fsp3) is 0.0909. The highest BCUT2D eigenvalue weighted by molar-refractivity contribution is 8.00. The van der Waals surface area contributed by atoms with Gasteiger partial charge in [-0.1, -0.05) is 53.5 Å². The topological polar surface area (TPSA) is 49.0 Å². The van der Waals surface area contributed by atoms with Crippen molar-refractivity contribution in [1.82, 2.24) is 9.97 Å². The number of imidazole rings is 1. The van der Waals surface area contributed by atoms with E-state index in [4.69, 9.17) is 28.2 Å². The summed E-state index contributed by atoms with van der Waals surface area (Å²) in [6.07, 6.45) is 0. The predicted octanol–water partition coefficient (Wildman–Crippen LogP) is 6.32. The highest BCUT2D eigenvalue weighted by atomic mass is 35.5. The molecule has 1 atom stereocenters. The van der Waals surface area contributed by atoms with E-state index in [1.54, 1.807) is 23.9 Å². The van der Waals surface area contributed by atoms with E-state index < -0.39 is 0 Å². The Morgan fingerprint density at radius 2 is 1.83 bits per heavy atom. The smallest absolute Gasteiger partial charge is 0.238 e. The lowest BCUT2D eigenvalue weighted by Gasteiger charge is -2.26. The number of fused-ring (bicyclic) bond motifs is 1. The Bertz CT molecular complexity index is 1210. The molecule has 2 heterocycles. The molecule has 1 saturated heterocycles. The maximum Gasteiger partial charge on any atom is 0.238 e. The quantitative estimate of drug-likeness (QED) is 0.406. The van der Waals surface area contributed by atoms with Crippen LogP contribution in [0.5, 0.6) is 0 Å². The maximum atomic E-state index is 12.9. The van der Waals surface area contributed by atoms with Crippen LogP contribution in [0.15, 0.2) is 66.7 Å². The lowest BCUT2D eigenvalue weighted by molar-refractivity contribution is -0.115. The first kappa shape index (κ1) is 18.6. The van der Waals surface area contributed by atoms with Crippen molar-refractivity contribution in [3.05, 3.63) is 82.3 Å². The van der Waals surface area contributed by atoms with E-state index in [1.165, 1.54) is 0 Å². The molecular formula is C22H15Cl2N3OS. The van der Waals surface area contributed by atoms with Gasteiger partial charge in [0, 0.05) is 21.2 Å². The maximum absolute atomic E-state index is 12.9. The zero-order chi connectivity index (χ0) is 20.0. The Morgan fingerprint density at radius 1 is 1.03 bits per heavy atom. The summed E-state index contributed by atoms with van der Waals surface area (Å²) < 4.78 is 0. The Labute approximate surface area is 181 Å². The Morgan fingerprint density at radius 3 is 2.66 bits per heavy atom. The number of thioether (sulfide) groups is 1. The van der Waals surface area contributed by atoms with Gasteiger partial charge in [0.25, 0.3) is 0 Å². The van der Waals surface area contributed by atoms with Gasteiger partial charge >= 0.3 is 0 Å². The summed E-state index contributed by atoms with van der Waals surface area (Å²) in [5.74, 6) is 1.15. The number of anilines is 1. The highest BCUT2D eigenvalue weighted by Crippen LogP contribution is 2.46. The zero-order valence-corrected chi connectivity index (χ0v) is 17.4. The van der Waals surface area contributed by atoms with Crippen LogP contribution in [0.2, 0.25) is 10.0 Å². The molecule has 1 fully saturated rings. The SMILES string of the molecule is O=C1CSC(c2ccc(Cl)cc2Cl)N1c1ccccc1-c1nc2ccccc2[nH]1. The second-order valence-corrected chi connectivity index (χ2v) is 8.62. The van der Waals surface area contributed by atoms with Crippen LogP contribution < -0.4 is 4.90 Å². The van der Waals surface area contributed by atoms with Gasteiger partial charge in [0.05, 0.1) is 22.5 Å². The third-order valence-electron chi connectivity index (χ3n) is 4.90. The van der Waals surface area contributed by atoms with Gasteiger partial charge in [-0.25, -0.2) is 4.98 Å². The van der Waals surface area contributed by atoms with Crippen molar-refractivity contribution in [2.24, 2.45) is 0 Å². The molecule has 7 heteroatoms. The molecule has 4 aromatic rings. The van der Waals surface area contributed by atoms with Crippen LogP contribution in [0.25, 0.3) is 22.4 Å². The second kappa shape index (κ2) is 7.41. The van der Waals surface area contributed by atoms with E-state index in [2.05, 4.69) is 4.98 Å². The van der Waals surface area contributed by atoms with Gasteiger partial charge in [0.2, 0.25) is 5.91 Å². The number of rotatable bonds is 3. The van der Waals surface area contributed by atoms with E-state index in [0.717, 1.165) is 33.7 Å². The normalized spacial score (nSPS) is 16.7. The molecule has 0 radical (unpaired) electrons. The molecule has 5 rings (SSSR count). The van der Waals surface area contributed by atoms with Crippen LogP contribution in [-0.4, -0.2) is 21.6 Å². The highest BCUT2D eigenvalue weighted by Gasteiger charge is 2.36. The number of nitrogens with one attached hydrogen (secondary N) is 1. The van der Waals surface area contributed by atoms with Crippen molar-refractivity contribution in [3.63, 3.8) is 0 Å². The Hall–Kier alpha value is -2.47. The third-order valence-corrected chi connectivity index (χ3v) is 6.66. The summed E-state index contributed by atoms with van der Waals surface area (Å²) >= 11 is 14.1. The summed E-state index contributed by atoms with van der Waals surface area (Å²) in [5, 5.41) is 0.899. The number of carbonyl (C=O) groups is 1. The molecular weight excluding hydrogens is 425 g/mol. The monoisotopic (exact) mass is 439 g/mol. The number of halogens is 2. The first-order valence-electron chi connectivity index (χ1n) is 9.04. The zero-order valence-electron chi connectivity index (χ0n) is 15.1. The summed E-state index contributed by atoms with van der Waals surface area (Å²) in [7, 11) is 0. The van der Waals surface area contributed by atoms with E-state index >= 15 is 0 Å². The fourth-order valence-electron chi connectivity index (χ4n) is 3.58. The van der Waals surface area contributed by atoms with Crippen LogP contribution in [0, 0.1) is 0 Å². The van der Waals surface area contributed by atoms with Crippen LogP contribution in [0.3, 0.4) is 0 Å². The minimum absolute atomic E-state index is 0.0366. The molecule has 4 nitrogen and oxygen atoms in total. The van der Waals surface area contributed by atoms with E-state index in [9.17, 15) is 4.79 Å². The van der Waals surface area contributed by atoms with E-state index in [-0.39, 0.29) is 11.3 Å². The summed E-state index contributed by atoms with van der Waals surface area (Å²) in [6.45, 7) is 0. The van der Waals surface area contributed by atoms with Gasteiger partial charge in [-0.3, -0.25) is 9.69 Å². The van der Waals surface area contributed by atoms with E-state index in [0.29, 0.717) is 15.8 Å². The van der Waals surface area contributed by atoms with Crippen LogP contribution in [0.4, 0.5) is 5.69 Å². The first-order valence-corrected chi connectivity index (χ1v) is 10.8. The van der Waals surface area contributed by atoms with Crippen molar-refractivity contribution in [3.8, 4) is 11.4 Å². The number of benzene rings is 3. The number of aromatic nitrogens is 2. The molecule has 144 valence electrons. The van der Waals surface area contributed by atoms with Crippen molar-refractivity contribution in [1.29, 1.82) is 0 Å². The molecule has 1 aromatic heterocycles. The van der Waals surface area contributed by atoms with Crippen LogP contribution in [0.1, 0.15) is 10.9 Å². The number of hydrogen-bond donors (Lipinski definition) is 1. The molecule has 1 unspecified atom stereocenters. The number of nitrogens with zero attached hydrogens (tertiary/aromatic N) is 2. The van der Waals surface area contributed by atoms with Gasteiger partial charge in [-0.2, -0.15) is 0 Å². The predicted molar refractivity (Wildman–Crippen MR) is 121 cm³/mol. The summed E-state index contributed by atoms with van der Waals surface area (Å²) in [5.41, 5.74) is 4.38. The van der Waals surface area contributed by atoms with Crippen LogP contribution in [-0.2, 0) is 4.79 Å². The van der Waals surface area contributed by atoms with Gasteiger partial charge in [-0.05, 0) is 36.4 Å². The van der Waals surface area contributed by atoms with Gasteiger partial charge < -0.3 is 4.98 Å². The van der Waals surface area contributed by atoms with Crippen molar-refractivity contribution in [2.45, 2.75) is 5.37 Å². The molecule has 1 aliphatic heterocycles. The van der Waals surface area contributed by atoms with Gasteiger partial charge in [0.15, 0.2) is 0 Å². The molecule has 1 N–H and O–H groups in total. The lowest BCUT2D eigenvalue weighted by Crippen LogP contribution is -2.28. The standard InChI is InChI=1S/C22H15Cl2N3OS/c23-13-9-10-14(16(24)11-13)22-27(20(28)12-29-22)19-8-4-1-5-15(19)21-25-17-6-2-3-7-18(17)26-21/h1-11,22H,12H2,(H,25,26). The number of amides is 1. The summed E-state index contributed by atoms with van der Waals surface area (Å²) in [6, 6.07) is 21.1. The Kier molecular flexibility index (Phi) is 4.74. The molecule has 29 heavy (non-hydrogen) atoms. The van der Waals surface area contributed by atoms with Gasteiger partial charge in [-0.15, -0.1) is 11.8 Å². The van der Waals surface area contributed by atoms with Crippen LogP contribution >= 0.6 is 35.0 Å². The number of hydrogen-bond acceptors (Lipinski definition) is 3. The number of aromatic amines is 1. The van der Waals surface area contributed by atoms with Crippen molar-refractivity contribution < 1.29 is 4.79 Å². The summed E-state index contributed by atoms with van der Waals surface area (Å²) in [4.78, 5) is 22.8. The first-order chi connectivity index (χ1) is 14.1. The molecule has 0 saturated carbocycles. The van der Waals surface area contributed by atoms with Gasteiger partial charge in [0.1, 0.15) is 11.2 Å². The fourth-order valence-corrected chi connectivity index (χ4v) is 5.36. The average Bonchev–Trinajstić information content (AvgIpc) is 3.31. The Balaban J connectivity index is 1.63. The third kappa shape index (κ3) is 3.29. The lowest BCUT2D eigenvalue weighted by atomic mass is 10.1. The number of para-hydroxylation sites is 3. The van der Waals surface area contributed by atoms with Crippen molar-refractivity contribution in [2.75, 3.05) is 10.7 Å². The minimum Gasteiger partial charge on any atom is -0.338 e. The second-order valence-electron chi connectivity index (χ2n) is 6.71. The minimum atomic E-state index is -0.224. The molecule has 1 amide bonds. The molecule has 1 aliphatic rings. The average molecular weight is 440 g/mol. The number of H-pyrrole nitrogens is 1. The van der Waals surface area contributed by atoms with Crippen molar-refractivity contribution >= 4 is 57.6 Å². The largest absolute Gasteiger partial charge is 0.338 e.